The van der Waals surface area contributed by atoms with Gasteiger partial charge in [-0.05, 0) is 23.8 Å². The van der Waals surface area contributed by atoms with Crippen LogP contribution in [0.1, 0.15) is 21.5 Å². The maximum Gasteiger partial charge on any atom is 0.388 e. The van der Waals surface area contributed by atoms with Gasteiger partial charge in [-0.15, -0.1) is 11.3 Å². The number of carboxylic acid groups (broad SMARTS) is 1. The van der Waals surface area contributed by atoms with Crippen LogP contribution in [0.25, 0.3) is 0 Å². The number of H-pyrrole nitrogens is 1. The first-order valence-electron chi connectivity index (χ1n) is 8.57. The third-order valence-corrected chi connectivity index (χ3v) is 5.45. The Bertz CT molecular complexity index is 1050. The van der Waals surface area contributed by atoms with E-state index < -0.39 is 5.97 Å². The van der Waals surface area contributed by atoms with Gasteiger partial charge in [-0.25, -0.2) is 4.98 Å². The summed E-state index contributed by atoms with van der Waals surface area (Å²) in [6, 6.07) is 5.01. The molecular weight excluding hydrogens is 467 g/mol. The van der Waals surface area contributed by atoms with Crippen LogP contribution in [0.2, 0.25) is 8.67 Å². The highest BCUT2D eigenvalue weighted by molar-refractivity contribution is 7.20. The number of aromatic carboxylic acids is 1. The lowest BCUT2D eigenvalue weighted by Gasteiger charge is -2.14. The average Bonchev–Trinajstić information content (AvgIpc) is 3.08. The number of carbonyl (C=O) groups is 1. The molecule has 166 valence electrons. The van der Waals surface area contributed by atoms with Crippen LogP contribution >= 0.6 is 34.5 Å². The second-order valence-electron chi connectivity index (χ2n) is 5.93. The second-order valence-corrected chi connectivity index (χ2v) is 8.22. The van der Waals surface area contributed by atoms with Crippen molar-refractivity contribution in [3.8, 4) is 17.2 Å². The zero-order valence-electron chi connectivity index (χ0n) is 16.8. The fraction of sp³-hybridized carbons (Fsp3) is 0.211. The number of hydrogen-bond donors (Lipinski definition) is 2. The Labute approximate surface area is 192 Å². The molecule has 0 fully saturated rings. The van der Waals surface area contributed by atoms with Crippen LogP contribution in [0.5, 0.6) is 17.2 Å². The van der Waals surface area contributed by atoms with E-state index >= 15 is 0 Å². The normalized spacial score (nSPS) is 10.1. The zero-order chi connectivity index (χ0) is 23.1. The number of halogens is 2. The van der Waals surface area contributed by atoms with E-state index in [-0.39, 0.29) is 15.8 Å². The van der Waals surface area contributed by atoms with E-state index in [0.717, 1.165) is 22.5 Å². The Morgan fingerprint density at radius 2 is 1.74 bits per heavy atom. The fourth-order valence-electron chi connectivity index (χ4n) is 2.55. The minimum Gasteiger partial charge on any atom is -0.545 e. The Morgan fingerprint density at radius 3 is 2.13 bits per heavy atom. The second kappa shape index (κ2) is 10.9. The summed E-state index contributed by atoms with van der Waals surface area (Å²) in [4.78, 5) is 17.0. The van der Waals surface area contributed by atoms with Crippen molar-refractivity contribution in [1.82, 2.24) is 4.98 Å². The molecule has 12 heteroatoms. The Morgan fingerprint density at radius 1 is 1.13 bits per heavy atom. The summed E-state index contributed by atoms with van der Waals surface area (Å²) in [5.41, 5.74) is 13.2. The van der Waals surface area contributed by atoms with Crippen LogP contribution in [0.4, 0.5) is 11.8 Å². The van der Waals surface area contributed by atoms with Crippen LogP contribution < -0.4 is 35.8 Å². The van der Waals surface area contributed by atoms with Crippen molar-refractivity contribution in [1.29, 1.82) is 0 Å². The van der Waals surface area contributed by atoms with Crippen LogP contribution in [-0.4, -0.2) is 32.3 Å². The number of hydrogen-bond acceptors (Lipinski definition) is 9. The summed E-state index contributed by atoms with van der Waals surface area (Å²) in [6.45, 7) is 0. The van der Waals surface area contributed by atoms with E-state index in [4.69, 9.17) is 48.9 Å². The molecule has 9 nitrogen and oxygen atoms in total. The summed E-state index contributed by atoms with van der Waals surface area (Å²) in [5.74, 6) is 1.11. The fourth-order valence-corrected chi connectivity index (χ4v) is 3.99. The van der Waals surface area contributed by atoms with Crippen molar-refractivity contribution < 1.29 is 29.1 Å². The van der Waals surface area contributed by atoms with Crippen molar-refractivity contribution in [2.45, 2.75) is 6.42 Å². The van der Waals surface area contributed by atoms with Gasteiger partial charge in [-0.3, -0.25) is 5.73 Å². The van der Waals surface area contributed by atoms with Gasteiger partial charge in [-0.2, -0.15) is 0 Å². The molecule has 2 heterocycles. The molecule has 0 atom stereocenters. The third-order valence-electron chi connectivity index (χ3n) is 3.96. The maximum absolute atomic E-state index is 10.2. The molecule has 1 aromatic carbocycles. The quantitative estimate of drug-likeness (QED) is 0.537. The first-order valence-corrected chi connectivity index (χ1v) is 10.1. The number of ether oxygens (including phenoxy) is 3. The molecule has 0 unspecified atom stereocenters. The monoisotopic (exact) mass is 486 g/mol. The van der Waals surface area contributed by atoms with Crippen LogP contribution in [0.3, 0.4) is 0 Å². The van der Waals surface area contributed by atoms with Gasteiger partial charge in [0.1, 0.15) is 4.34 Å². The zero-order valence-corrected chi connectivity index (χ0v) is 19.2. The topological polar surface area (TPSA) is 147 Å². The van der Waals surface area contributed by atoms with Gasteiger partial charge in [0, 0.05) is 17.5 Å². The van der Waals surface area contributed by atoms with Crippen molar-refractivity contribution >= 4 is 52.3 Å². The smallest absolute Gasteiger partial charge is 0.388 e. The molecule has 0 aliphatic carbocycles. The summed E-state index contributed by atoms with van der Waals surface area (Å²) >= 11 is 11.9. The molecule has 0 spiro atoms. The molecule has 0 aliphatic heterocycles. The minimum atomic E-state index is -1.30. The predicted molar refractivity (Wildman–Crippen MR) is 117 cm³/mol. The molecular formula is C19H20Cl2N4O5S. The van der Waals surface area contributed by atoms with Crippen LogP contribution in [0.15, 0.2) is 24.4 Å². The lowest BCUT2D eigenvalue weighted by molar-refractivity contribution is -0.364. The summed E-state index contributed by atoms with van der Waals surface area (Å²) < 4.78 is 16.5. The summed E-state index contributed by atoms with van der Waals surface area (Å²) in [6.07, 6.45) is 2.30. The Balaban J connectivity index is 0.000000285. The number of nitrogens with two attached hydrogens (primary N) is 2. The molecule has 3 rings (SSSR count). The van der Waals surface area contributed by atoms with E-state index in [0.29, 0.717) is 33.8 Å². The number of benzene rings is 1. The lowest BCUT2D eigenvalue weighted by atomic mass is 10.1. The molecule has 5 N–H and O–H groups in total. The lowest BCUT2D eigenvalue weighted by Crippen LogP contribution is -2.21. The molecule has 31 heavy (non-hydrogen) atoms. The number of carboxylic acids is 1. The summed E-state index contributed by atoms with van der Waals surface area (Å²) in [7, 11) is 4.72. The van der Waals surface area contributed by atoms with Gasteiger partial charge >= 0.3 is 5.95 Å². The molecule has 0 saturated carbocycles. The van der Waals surface area contributed by atoms with Gasteiger partial charge in [-0.1, -0.05) is 28.2 Å². The average molecular weight is 487 g/mol. The van der Waals surface area contributed by atoms with Crippen molar-refractivity contribution in [3.63, 3.8) is 0 Å². The third kappa shape index (κ3) is 6.27. The number of aromatic nitrogens is 2. The van der Waals surface area contributed by atoms with Crippen LogP contribution in [-0.2, 0) is 6.42 Å². The number of nitrogens with zero attached hydrogens (tertiary/aromatic N) is 1. The largest absolute Gasteiger partial charge is 0.545 e. The first-order chi connectivity index (χ1) is 14.7. The SMILES string of the molecule is COc1cc(Cc2c[nH+]c(N)nc2N)cc(OC)c1OC.O=C([O-])c1cc(Cl)sc1Cl. The number of nitrogens with one attached hydrogen (secondary N) is 1. The van der Waals surface area contributed by atoms with E-state index in [1.165, 1.54) is 6.07 Å². The van der Waals surface area contributed by atoms with E-state index in [1.54, 1.807) is 27.5 Å². The highest BCUT2D eigenvalue weighted by atomic mass is 35.5. The molecule has 3 aromatic rings. The van der Waals surface area contributed by atoms with Crippen molar-refractivity contribution in [2.75, 3.05) is 32.8 Å². The number of methoxy groups -OCH3 is 3. The minimum absolute atomic E-state index is 0.0448. The number of carbonyl (C=O) groups excluding carboxylic acids is 1. The van der Waals surface area contributed by atoms with E-state index in [2.05, 4.69) is 9.97 Å². The predicted octanol–water partition coefficient (Wildman–Crippen LogP) is 2.10. The van der Waals surface area contributed by atoms with Gasteiger partial charge in [0.25, 0.3) is 0 Å². The number of nitrogen functional groups attached to an aromatic ring is 2. The van der Waals surface area contributed by atoms with E-state index in [1.807, 2.05) is 12.1 Å². The van der Waals surface area contributed by atoms with Gasteiger partial charge in [0.15, 0.2) is 11.5 Å². The number of anilines is 2. The van der Waals surface area contributed by atoms with Gasteiger partial charge in [0.05, 0.1) is 37.8 Å². The van der Waals surface area contributed by atoms with Crippen LogP contribution in [0, 0.1) is 0 Å². The first kappa shape index (κ1) is 24.3. The van der Waals surface area contributed by atoms with Gasteiger partial charge in [0.2, 0.25) is 11.6 Å². The highest BCUT2D eigenvalue weighted by Gasteiger charge is 2.15. The Kier molecular flexibility index (Phi) is 8.55. The molecule has 0 bridgehead atoms. The molecule has 0 saturated heterocycles. The molecule has 2 aromatic heterocycles. The number of rotatable bonds is 6. The molecule has 0 amide bonds. The van der Waals surface area contributed by atoms with E-state index in [9.17, 15) is 9.90 Å². The standard InChI is InChI=1S/C14H18N4O3.C5H2Cl2O2S/c1-19-10-5-8(6-11(20-2)12(10)21-3)4-9-7-17-14(16)18-13(9)15;6-3-1-2(5(8)9)4(7)10-3/h5-7H,4H2,1-3H3,(H4,15,16,17,18);1H,(H,8,9). The van der Waals surface area contributed by atoms with Crippen molar-refractivity contribution in [3.05, 3.63) is 49.8 Å². The molecule has 0 radical (unpaired) electrons. The Hall–Kier alpha value is -2.95. The van der Waals surface area contributed by atoms with Gasteiger partial charge < -0.3 is 29.8 Å². The number of thiophene rings is 1. The number of aromatic amines is 1. The summed E-state index contributed by atoms with van der Waals surface area (Å²) in [5, 5.41) is 10.2. The molecule has 0 aliphatic rings. The van der Waals surface area contributed by atoms with Crippen molar-refractivity contribution in [2.24, 2.45) is 0 Å². The maximum atomic E-state index is 10.2. The highest BCUT2D eigenvalue weighted by Crippen LogP contribution is 2.38.